The predicted molar refractivity (Wildman–Crippen MR) is 84.0 cm³/mol. The number of anilines is 2. The fraction of sp³-hybridized carbons (Fsp3) is 0.467. The van der Waals surface area contributed by atoms with Gasteiger partial charge >= 0.3 is 12.0 Å². The van der Waals surface area contributed by atoms with Crippen LogP contribution in [-0.4, -0.2) is 49.7 Å². The summed E-state index contributed by atoms with van der Waals surface area (Å²) in [5.74, 6) is -1.52. The lowest BCUT2D eigenvalue weighted by molar-refractivity contribution is -0.141. The van der Waals surface area contributed by atoms with E-state index in [0.717, 1.165) is 16.9 Å². The fourth-order valence-electron chi connectivity index (χ4n) is 2.03. The van der Waals surface area contributed by atoms with Crippen LogP contribution in [0.25, 0.3) is 0 Å². The number of benzene rings is 1. The lowest BCUT2D eigenvalue weighted by Gasteiger charge is -2.22. The number of nitrogens with zero attached hydrogens (tertiary/aromatic N) is 2. The summed E-state index contributed by atoms with van der Waals surface area (Å²) in [7, 11) is 5.46. The Labute approximate surface area is 125 Å². The minimum atomic E-state index is -0.916. The molecule has 1 rings (SSSR count). The number of carboxylic acids is 1. The Balaban J connectivity index is 2.79. The van der Waals surface area contributed by atoms with E-state index in [9.17, 15) is 9.59 Å². The van der Waals surface area contributed by atoms with E-state index in [1.54, 1.807) is 14.0 Å². The summed E-state index contributed by atoms with van der Waals surface area (Å²) in [6.07, 6.45) is 0. The molecular weight excluding hydrogens is 270 g/mol. The van der Waals surface area contributed by atoms with Gasteiger partial charge in [-0.3, -0.25) is 4.79 Å². The molecule has 0 spiro atoms. The molecule has 2 N–H and O–H groups in total. The van der Waals surface area contributed by atoms with E-state index in [2.05, 4.69) is 5.32 Å². The highest BCUT2D eigenvalue weighted by Crippen LogP contribution is 2.25. The van der Waals surface area contributed by atoms with Crippen LogP contribution in [0.2, 0.25) is 0 Å². The SMILES string of the molecule is Cc1c(NC(=O)N(C)CC(C)C(=O)O)cccc1N(C)C. The average molecular weight is 293 g/mol. The number of amides is 2. The van der Waals surface area contributed by atoms with E-state index >= 15 is 0 Å². The molecule has 116 valence electrons. The van der Waals surface area contributed by atoms with Crippen molar-refractivity contribution in [1.29, 1.82) is 0 Å². The van der Waals surface area contributed by atoms with E-state index in [0.29, 0.717) is 0 Å². The predicted octanol–water partition coefficient (Wildman–Crippen LogP) is 2.25. The lowest BCUT2D eigenvalue weighted by Crippen LogP contribution is -2.36. The van der Waals surface area contributed by atoms with Crippen molar-refractivity contribution < 1.29 is 14.7 Å². The first-order chi connectivity index (χ1) is 9.73. The first-order valence-electron chi connectivity index (χ1n) is 6.76. The molecule has 0 aliphatic carbocycles. The number of rotatable bonds is 5. The van der Waals surface area contributed by atoms with Crippen molar-refractivity contribution in [2.24, 2.45) is 5.92 Å². The zero-order valence-electron chi connectivity index (χ0n) is 13.2. The average Bonchev–Trinajstić information content (AvgIpc) is 2.40. The molecule has 0 saturated carbocycles. The third-order valence-electron chi connectivity index (χ3n) is 3.34. The number of aliphatic carboxylic acids is 1. The molecule has 1 aromatic carbocycles. The van der Waals surface area contributed by atoms with Gasteiger partial charge in [-0.1, -0.05) is 13.0 Å². The highest BCUT2D eigenvalue weighted by molar-refractivity contribution is 5.91. The third kappa shape index (κ3) is 4.37. The summed E-state index contributed by atoms with van der Waals surface area (Å²) in [6.45, 7) is 3.67. The monoisotopic (exact) mass is 293 g/mol. The number of hydrogen-bond acceptors (Lipinski definition) is 3. The van der Waals surface area contributed by atoms with Crippen molar-refractivity contribution in [1.82, 2.24) is 4.90 Å². The topological polar surface area (TPSA) is 72.9 Å². The molecule has 21 heavy (non-hydrogen) atoms. The van der Waals surface area contributed by atoms with Crippen LogP contribution in [0, 0.1) is 12.8 Å². The Bertz CT molecular complexity index is 529. The molecule has 0 saturated heterocycles. The van der Waals surface area contributed by atoms with Crippen molar-refractivity contribution in [2.75, 3.05) is 37.9 Å². The standard InChI is InChI=1S/C15H23N3O3/c1-10(14(19)20)9-18(5)15(21)16-12-7-6-8-13(11(12)2)17(3)4/h6-8,10H,9H2,1-5H3,(H,16,21)(H,19,20). The van der Waals surface area contributed by atoms with Gasteiger partial charge in [0.05, 0.1) is 5.92 Å². The second-order valence-corrected chi connectivity index (χ2v) is 5.39. The first-order valence-corrected chi connectivity index (χ1v) is 6.76. The Kier molecular flexibility index (Phi) is 5.58. The lowest BCUT2D eigenvalue weighted by atomic mass is 10.1. The van der Waals surface area contributed by atoms with Crippen LogP contribution in [0.4, 0.5) is 16.2 Å². The summed E-state index contributed by atoms with van der Waals surface area (Å²) < 4.78 is 0. The zero-order valence-corrected chi connectivity index (χ0v) is 13.2. The van der Waals surface area contributed by atoms with E-state index in [4.69, 9.17) is 5.11 Å². The Morgan fingerprint density at radius 2 is 1.90 bits per heavy atom. The number of carboxylic acid groups (broad SMARTS) is 1. The van der Waals surface area contributed by atoms with Gasteiger partial charge in [0.1, 0.15) is 0 Å². The molecule has 1 aromatic rings. The van der Waals surface area contributed by atoms with Gasteiger partial charge in [0, 0.05) is 39.1 Å². The maximum absolute atomic E-state index is 12.1. The van der Waals surface area contributed by atoms with Gasteiger partial charge in [0.15, 0.2) is 0 Å². The number of carbonyl (C=O) groups is 2. The molecular formula is C15H23N3O3. The van der Waals surface area contributed by atoms with Crippen LogP contribution in [-0.2, 0) is 4.79 Å². The van der Waals surface area contributed by atoms with Crippen LogP contribution in [0.5, 0.6) is 0 Å². The summed E-state index contributed by atoms with van der Waals surface area (Å²) >= 11 is 0. The van der Waals surface area contributed by atoms with Gasteiger partial charge < -0.3 is 20.2 Å². The van der Waals surface area contributed by atoms with Gasteiger partial charge in [-0.25, -0.2) is 4.79 Å². The smallest absolute Gasteiger partial charge is 0.321 e. The minimum absolute atomic E-state index is 0.160. The molecule has 1 atom stereocenters. The Morgan fingerprint density at radius 3 is 2.43 bits per heavy atom. The molecule has 1 unspecified atom stereocenters. The summed E-state index contributed by atoms with van der Waals surface area (Å²) in [6, 6.07) is 5.36. The zero-order chi connectivity index (χ0) is 16.2. The first kappa shape index (κ1) is 16.8. The molecule has 0 aliphatic heterocycles. The molecule has 0 aliphatic rings. The number of carbonyl (C=O) groups excluding carboxylic acids is 1. The number of nitrogens with one attached hydrogen (secondary N) is 1. The van der Waals surface area contributed by atoms with Crippen molar-refractivity contribution in [3.63, 3.8) is 0 Å². The molecule has 0 heterocycles. The van der Waals surface area contributed by atoms with Crippen LogP contribution in [0.3, 0.4) is 0 Å². The highest BCUT2D eigenvalue weighted by Gasteiger charge is 2.18. The van der Waals surface area contributed by atoms with Gasteiger partial charge in [0.25, 0.3) is 0 Å². The number of hydrogen-bond donors (Lipinski definition) is 2. The van der Waals surface area contributed by atoms with Crippen molar-refractivity contribution in [2.45, 2.75) is 13.8 Å². The molecule has 6 nitrogen and oxygen atoms in total. The molecule has 6 heteroatoms. The van der Waals surface area contributed by atoms with Crippen LogP contribution in [0.1, 0.15) is 12.5 Å². The summed E-state index contributed by atoms with van der Waals surface area (Å²) in [5, 5.41) is 11.7. The molecule has 0 aromatic heterocycles. The van der Waals surface area contributed by atoms with Crippen molar-refractivity contribution in [3.05, 3.63) is 23.8 Å². The third-order valence-corrected chi connectivity index (χ3v) is 3.34. The second kappa shape index (κ2) is 6.97. The fourth-order valence-corrected chi connectivity index (χ4v) is 2.03. The van der Waals surface area contributed by atoms with Crippen LogP contribution >= 0.6 is 0 Å². The Morgan fingerprint density at radius 1 is 1.29 bits per heavy atom. The minimum Gasteiger partial charge on any atom is -0.481 e. The van der Waals surface area contributed by atoms with E-state index in [1.807, 2.05) is 44.1 Å². The molecule has 2 amide bonds. The largest absolute Gasteiger partial charge is 0.481 e. The van der Waals surface area contributed by atoms with E-state index in [-0.39, 0.29) is 12.6 Å². The maximum Gasteiger partial charge on any atom is 0.321 e. The van der Waals surface area contributed by atoms with Crippen LogP contribution in [0.15, 0.2) is 18.2 Å². The second-order valence-electron chi connectivity index (χ2n) is 5.39. The van der Waals surface area contributed by atoms with Gasteiger partial charge in [-0.15, -0.1) is 0 Å². The van der Waals surface area contributed by atoms with Gasteiger partial charge in [0.2, 0.25) is 0 Å². The van der Waals surface area contributed by atoms with Crippen LogP contribution < -0.4 is 10.2 Å². The van der Waals surface area contributed by atoms with E-state index < -0.39 is 11.9 Å². The van der Waals surface area contributed by atoms with E-state index in [1.165, 1.54) is 4.90 Å². The summed E-state index contributed by atoms with van der Waals surface area (Å²) in [4.78, 5) is 26.3. The quantitative estimate of drug-likeness (QED) is 0.873. The van der Waals surface area contributed by atoms with Crippen molar-refractivity contribution >= 4 is 23.4 Å². The van der Waals surface area contributed by atoms with Gasteiger partial charge in [-0.2, -0.15) is 0 Å². The maximum atomic E-state index is 12.1. The van der Waals surface area contributed by atoms with Crippen molar-refractivity contribution in [3.8, 4) is 0 Å². The molecule has 0 bridgehead atoms. The Hall–Kier alpha value is -2.24. The summed E-state index contributed by atoms with van der Waals surface area (Å²) in [5.41, 5.74) is 2.71. The number of urea groups is 1. The molecule has 0 radical (unpaired) electrons. The molecule has 0 fully saturated rings. The highest BCUT2D eigenvalue weighted by atomic mass is 16.4. The van der Waals surface area contributed by atoms with Gasteiger partial charge in [-0.05, 0) is 24.6 Å². The normalized spacial score (nSPS) is 11.7.